The Kier molecular flexibility index (Phi) is 2.65. The summed E-state index contributed by atoms with van der Waals surface area (Å²) < 4.78 is 12.6. The first-order valence-electron chi connectivity index (χ1n) is 3.00. The summed E-state index contributed by atoms with van der Waals surface area (Å²) >= 11 is 3.03. The summed E-state index contributed by atoms with van der Waals surface area (Å²) in [5.41, 5.74) is 0.460. The minimum absolute atomic E-state index is 0.316. The SMILES string of the molecule is Oc1c(F)cccc1/C=C/Br. The molecule has 0 unspecified atom stereocenters. The molecule has 0 fully saturated rings. The highest BCUT2D eigenvalue weighted by molar-refractivity contribution is 9.11. The fraction of sp³-hybridized carbons (Fsp3) is 0. The highest BCUT2D eigenvalue weighted by atomic mass is 79.9. The lowest BCUT2D eigenvalue weighted by Crippen LogP contribution is -1.78. The molecular weight excluding hydrogens is 211 g/mol. The van der Waals surface area contributed by atoms with Crippen molar-refractivity contribution in [2.45, 2.75) is 0 Å². The smallest absolute Gasteiger partial charge is 0.165 e. The molecule has 0 saturated carbocycles. The Bertz CT molecular complexity index is 283. The normalized spacial score (nSPS) is 10.7. The fourth-order valence-corrected chi connectivity index (χ4v) is 1.02. The molecule has 0 aliphatic rings. The van der Waals surface area contributed by atoms with Crippen LogP contribution in [0.3, 0.4) is 0 Å². The summed E-state index contributed by atoms with van der Waals surface area (Å²) in [4.78, 5) is 1.56. The molecule has 0 aliphatic heterocycles. The number of hydrogen-bond donors (Lipinski definition) is 1. The lowest BCUT2D eigenvalue weighted by molar-refractivity contribution is 0.431. The summed E-state index contributed by atoms with van der Waals surface area (Å²) in [6.45, 7) is 0. The second-order valence-electron chi connectivity index (χ2n) is 1.97. The van der Waals surface area contributed by atoms with Crippen LogP contribution in [0.5, 0.6) is 5.75 Å². The minimum atomic E-state index is -0.604. The molecule has 1 aromatic carbocycles. The maximum atomic E-state index is 12.6. The average Bonchev–Trinajstić information content (AvgIpc) is 1.99. The lowest BCUT2D eigenvalue weighted by Gasteiger charge is -1.97. The van der Waals surface area contributed by atoms with Crippen molar-refractivity contribution in [1.82, 2.24) is 0 Å². The molecule has 0 amide bonds. The topological polar surface area (TPSA) is 20.2 Å². The predicted molar refractivity (Wildman–Crippen MR) is 46.0 cm³/mol. The number of benzene rings is 1. The molecule has 11 heavy (non-hydrogen) atoms. The summed E-state index contributed by atoms with van der Waals surface area (Å²) in [6, 6.07) is 4.37. The molecule has 0 spiro atoms. The van der Waals surface area contributed by atoms with Gasteiger partial charge in [0.25, 0.3) is 0 Å². The van der Waals surface area contributed by atoms with Crippen LogP contribution in [0.1, 0.15) is 5.56 Å². The Morgan fingerprint density at radius 2 is 2.18 bits per heavy atom. The van der Waals surface area contributed by atoms with E-state index in [4.69, 9.17) is 5.11 Å². The first-order chi connectivity index (χ1) is 5.25. The first kappa shape index (κ1) is 8.27. The Hall–Kier alpha value is -0.830. The van der Waals surface area contributed by atoms with Crippen molar-refractivity contribution < 1.29 is 9.50 Å². The van der Waals surface area contributed by atoms with Crippen molar-refractivity contribution in [3.05, 3.63) is 34.6 Å². The van der Waals surface area contributed by atoms with Gasteiger partial charge in [-0.3, -0.25) is 0 Å². The third kappa shape index (κ3) is 1.80. The second kappa shape index (κ2) is 3.53. The van der Waals surface area contributed by atoms with Crippen LogP contribution >= 0.6 is 15.9 Å². The van der Waals surface area contributed by atoms with E-state index in [9.17, 15) is 4.39 Å². The Morgan fingerprint density at radius 3 is 2.82 bits per heavy atom. The third-order valence-electron chi connectivity index (χ3n) is 1.26. The number of hydrogen-bond acceptors (Lipinski definition) is 1. The van der Waals surface area contributed by atoms with E-state index in [0.717, 1.165) is 0 Å². The fourth-order valence-electron chi connectivity index (χ4n) is 0.734. The summed E-state index contributed by atoms with van der Waals surface area (Å²) in [5, 5.41) is 9.08. The van der Waals surface area contributed by atoms with Crippen LogP contribution in [-0.2, 0) is 0 Å². The van der Waals surface area contributed by atoms with Crippen molar-refractivity contribution in [3.63, 3.8) is 0 Å². The van der Waals surface area contributed by atoms with Crippen molar-refractivity contribution in [3.8, 4) is 5.75 Å². The van der Waals surface area contributed by atoms with Crippen molar-refractivity contribution in [2.75, 3.05) is 0 Å². The average molecular weight is 217 g/mol. The molecule has 0 bridgehead atoms. The van der Waals surface area contributed by atoms with Crippen molar-refractivity contribution in [1.29, 1.82) is 0 Å². The van der Waals surface area contributed by atoms with Gasteiger partial charge in [-0.05, 0) is 17.1 Å². The Labute approximate surface area is 72.3 Å². The van der Waals surface area contributed by atoms with E-state index < -0.39 is 5.82 Å². The molecule has 0 saturated heterocycles. The molecule has 1 aromatic rings. The van der Waals surface area contributed by atoms with Crippen LogP contribution < -0.4 is 0 Å². The largest absolute Gasteiger partial charge is 0.504 e. The number of phenols is 1. The van der Waals surface area contributed by atoms with Gasteiger partial charge in [-0.25, -0.2) is 4.39 Å². The van der Waals surface area contributed by atoms with Gasteiger partial charge in [0.2, 0.25) is 0 Å². The summed E-state index contributed by atoms with van der Waals surface area (Å²) in [7, 11) is 0. The highest BCUT2D eigenvalue weighted by Crippen LogP contribution is 2.21. The van der Waals surface area contributed by atoms with E-state index in [1.54, 1.807) is 17.1 Å². The summed E-state index contributed by atoms with van der Waals surface area (Å²) in [5.74, 6) is -0.920. The zero-order chi connectivity index (χ0) is 8.27. The molecule has 0 atom stereocenters. The van der Waals surface area contributed by atoms with Gasteiger partial charge in [-0.15, -0.1) is 0 Å². The second-order valence-corrected chi connectivity index (χ2v) is 2.50. The van der Waals surface area contributed by atoms with Gasteiger partial charge in [0.15, 0.2) is 11.6 Å². The molecule has 1 rings (SSSR count). The zero-order valence-corrected chi connectivity index (χ0v) is 7.18. The molecule has 0 radical (unpaired) electrons. The Morgan fingerprint density at radius 1 is 1.45 bits per heavy atom. The van der Waals surface area contributed by atoms with Crippen LogP contribution in [0, 0.1) is 5.82 Å². The van der Waals surface area contributed by atoms with Crippen LogP contribution in [0.2, 0.25) is 0 Å². The number of aromatic hydroxyl groups is 1. The van der Waals surface area contributed by atoms with Gasteiger partial charge in [0.1, 0.15) is 0 Å². The van der Waals surface area contributed by atoms with Crippen LogP contribution in [0.25, 0.3) is 6.08 Å². The van der Waals surface area contributed by atoms with Crippen LogP contribution in [0.15, 0.2) is 23.2 Å². The molecule has 0 heterocycles. The number of rotatable bonds is 1. The van der Waals surface area contributed by atoms with Gasteiger partial charge in [-0.1, -0.05) is 28.1 Å². The highest BCUT2D eigenvalue weighted by Gasteiger charge is 2.01. The van der Waals surface area contributed by atoms with Gasteiger partial charge < -0.3 is 5.11 Å². The van der Waals surface area contributed by atoms with Gasteiger partial charge >= 0.3 is 0 Å². The lowest BCUT2D eigenvalue weighted by atomic mass is 10.2. The van der Waals surface area contributed by atoms with E-state index >= 15 is 0 Å². The van der Waals surface area contributed by atoms with Crippen molar-refractivity contribution in [2.24, 2.45) is 0 Å². The maximum absolute atomic E-state index is 12.6. The Balaban J connectivity index is 3.16. The molecule has 1 N–H and O–H groups in total. The standard InChI is InChI=1S/C8H6BrFO/c9-5-4-6-2-1-3-7(10)8(6)11/h1-5,11H/b5-4+. The van der Waals surface area contributed by atoms with Crippen LogP contribution in [0.4, 0.5) is 4.39 Å². The number of para-hydroxylation sites is 1. The monoisotopic (exact) mass is 216 g/mol. The van der Waals surface area contributed by atoms with E-state index in [0.29, 0.717) is 5.56 Å². The number of halogens is 2. The molecule has 58 valence electrons. The zero-order valence-electron chi connectivity index (χ0n) is 5.59. The van der Waals surface area contributed by atoms with E-state index in [1.807, 2.05) is 0 Å². The predicted octanol–water partition coefficient (Wildman–Crippen LogP) is 2.90. The van der Waals surface area contributed by atoms with E-state index in [2.05, 4.69) is 15.9 Å². The first-order valence-corrected chi connectivity index (χ1v) is 3.91. The molecule has 0 aliphatic carbocycles. The molecule has 0 aromatic heterocycles. The van der Waals surface area contributed by atoms with Crippen LogP contribution in [-0.4, -0.2) is 5.11 Å². The van der Waals surface area contributed by atoms with Gasteiger partial charge in [0.05, 0.1) is 0 Å². The van der Waals surface area contributed by atoms with E-state index in [1.165, 1.54) is 12.1 Å². The maximum Gasteiger partial charge on any atom is 0.165 e. The minimum Gasteiger partial charge on any atom is -0.504 e. The quantitative estimate of drug-likeness (QED) is 0.766. The molecule has 3 heteroatoms. The molecule has 1 nitrogen and oxygen atoms in total. The van der Waals surface area contributed by atoms with E-state index in [-0.39, 0.29) is 5.75 Å². The van der Waals surface area contributed by atoms with Crippen molar-refractivity contribution >= 4 is 22.0 Å². The number of phenolic OH excluding ortho intramolecular Hbond substituents is 1. The van der Waals surface area contributed by atoms with Gasteiger partial charge in [0, 0.05) is 5.56 Å². The third-order valence-corrected chi connectivity index (χ3v) is 1.52. The molecular formula is C8H6BrFO. The van der Waals surface area contributed by atoms with Gasteiger partial charge in [-0.2, -0.15) is 0 Å². The summed E-state index contributed by atoms with van der Waals surface area (Å²) in [6.07, 6.45) is 1.57.